The second kappa shape index (κ2) is 6.53. The van der Waals surface area contributed by atoms with Crippen molar-refractivity contribution < 1.29 is 9.13 Å². The summed E-state index contributed by atoms with van der Waals surface area (Å²) in [7, 11) is 1.67. The van der Waals surface area contributed by atoms with Crippen molar-refractivity contribution in [3.05, 3.63) is 65.0 Å². The Bertz CT molecular complexity index is 583. The maximum absolute atomic E-state index is 13.2. The van der Waals surface area contributed by atoms with Crippen LogP contribution in [0.15, 0.2) is 42.5 Å². The molecule has 0 radical (unpaired) electrons. The molecule has 2 aromatic rings. The van der Waals surface area contributed by atoms with Crippen LogP contribution in [0.25, 0.3) is 0 Å². The van der Waals surface area contributed by atoms with Gasteiger partial charge in [-0.25, -0.2) is 4.39 Å². The number of benzene rings is 2. The molecule has 0 unspecified atom stereocenters. The van der Waals surface area contributed by atoms with E-state index < -0.39 is 0 Å². The smallest absolute Gasteiger partial charge is 0.123 e. The third kappa shape index (κ3) is 3.58. The first-order valence-corrected chi connectivity index (χ1v) is 6.72. The van der Waals surface area contributed by atoms with Crippen LogP contribution in [-0.4, -0.2) is 7.11 Å². The third-order valence-electron chi connectivity index (χ3n) is 3.38. The van der Waals surface area contributed by atoms with E-state index in [4.69, 9.17) is 4.74 Å². The molecular weight excluding hydrogens is 253 g/mol. The maximum atomic E-state index is 13.2. The fourth-order valence-electron chi connectivity index (χ4n) is 2.20. The van der Waals surface area contributed by atoms with Gasteiger partial charge in [-0.2, -0.15) is 0 Å². The summed E-state index contributed by atoms with van der Waals surface area (Å²) in [6.45, 7) is 4.76. The largest absolute Gasteiger partial charge is 0.496 e. The molecule has 0 aliphatic heterocycles. The second-order valence-electron chi connectivity index (χ2n) is 4.97. The van der Waals surface area contributed by atoms with Gasteiger partial charge in [-0.05, 0) is 37.6 Å². The number of halogens is 1. The topological polar surface area (TPSA) is 21.3 Å². The monoisotopic (exact) mass is 273 g/mol. The SMILES string of the molecule is COc1ccc(C)cc1CN[C@H](C)c1cccc(F)c1. The number of hydrogen-bond donors (Lipinski definition) is 1. The zero-order chi connectivity index (χ0) is 14.5. The highest BCUT2D eigenvalue weighted by Gasteiger charge is 2.08. The van der Waals surface area contributed by atoms with Gasteiger partial charge in [0.15, 0.2) is 0 Å². The van der Waals surface area contributed by atoms with Crippen molar-refractivity contribution in [2.45, 2.75) is 26.4 Å². The first kappa shape index (κ1) is 14.5. The lowest BCUT2D eigenvalue weighted by Gasteiger charge is -2.16. The van der Waals surface area contributed by atoms with Crippen LogP contribution >= 0.6 is 0 Å². The van der Waals surface area contributed by atoms with E-state index in [-0.39, 0.29) is 11.9 Å². The van der Waals surface area contributed by atoms with Gasteiger partial charge in [0.1, 0.15) is 11.6 Å². The van der Waals surface area contributed by atoms with Crippen LogP contribution in [0.5, 0.6) is 5.75 Å². The molecule has 0 bridgehead atoms. The zero-order valence-electron chi connectivity index (χ0n) is 12.1. The number of aryl methyl sites for hydroxylation is 1. The highest BCUT2D eigenvalue weighted by Crippen LogP contribution is 2.21. The average molecular weight is 273 g/mol. The highest BCUT2D eigenvalue weighted by atomic mass is 19.1. The Kier molecular flexibility index (Phi) is 4.74. The Morgan fingerprint density at radius 1 is 1.20 bits per heavy atom. The molecule has 0 aliphatic carbocycles. The van der Waals surface area contributed by atoms with Gasteiger partial charge in [0.25, 0.3) is 0 Å². The molecule has 0 saturated carbocycles. The quantitative estimate of drug-likeness (QED) is 0.889. The minimum Gasteiger partial charge on any atom is -0.496 e. The summed E-state index contributed by atoms with van der Waals surface area (Å²) in [5, 5.41) is 3.40. The Morgan fingerprint density at radius 3 is 2.70 bits per heavy atom. The van der Waals surface area contributed by atoms with Gasteiger partial charge >= 0.3 is 0 Å². The summed E-state index contributed by atoms with van der Waals surface area (Å²) in [5.74, 6) is 0.666. The minimum atomic E-state index is -0.204. The normalized spacial score (nSPS) is 12.2. The van der Waals surface area contributed by atoms with Crippen molar-refractivity contribution in [3.63, 3.8) is 0 Å². The molecular formula is C17H20FNO. The number of methoxy groups -OCH3 is 1. The molecule has 0 amide bonds. The summed E-state index contributed by atoms with van der Waals surface area (Å²) < 4.78 is 18.6. The van der Waals surface area contributed by atoms with Crippen LogP contribution in [0.3, 0.4) is 0 Å². The van der Waals surface area contributed by atoms with E-state index in [0.29, 0.717) is 6.54 Å². The van der Waals surface area contributed by atoms with Crippen molar-refractivity contribution in [3.8, 4) is 5.75 Å². The molecule has 3 heteroatoms. The number of hydrogen-bond acceptors (Lipinski definition) is 2. The summed E-state index contributed by atoms with van der Waals surface area (Å²) in [6.07, 6.45) is 0. The van der Waals surface area contributed by atoms with E-state index in [0.717, 1.165) is 16.9 Å². The predicted molar refractivity (Wildman–Crippen MR) is 79.4 cm³/mol. The van der Waals surface area contributed by atoms with Gasteiger partial charge < -0.3 is 10.1 Å². The zero-order valence-corrected chi connectivity index (χ0v) is 12.1. The van der Waals surface area contributed by atoms with Gasteiger partial charge in [-0.3, -0.25) is 0 Å². The van der Waals surface area contributed by atoms with E-state index >= 15 is 0 Å². The molecule has 2 aromatic carbocycles. The van der Waals surface area contributed by atoms with E-state index in [1.807, 2.05) is 25.1 Å². The Hall–Kier alpha value is -1.87. The number of ether oxygens (including phenoxy) is 1. The summed E-state index contributed by atoms with van der Waals surface area (Å²) in [6, 6.07) is 12.9. The first-order chi connectivity index (χ1) is 9.60. The van der Waals surface area contributed by atoms with Crippen molar-refractivity contribution >= 4 is 0 Å². The minimum absolute atomic E-state index is 0.0796. The molecule has 1 N–H and O–H groups in total. The highest BCUT2D eigenvalue weighted by molar-refractivity contribution is 5.37. The van der Waals surface area contributed by atoms with Crippen molar-refractivity contribution in [1.82, 2.24) is 5.32 Å². The Labute approximate surface area is 119 Å². The van der Waals surface area contributed by atoms with Crippen LogP contribution in [0.4, 0.5) is 4.39 Å². The molecule has 0 aromatic heterocycles. The average Bonchev–Trinajstić information content (AvgIpc) is 2.45. The summed E-state index contributed by atoms with van der Waals surface area (Å²) in [4.78, 5) is 0. The van der Waals surface area contributed by atoms with Crippen LogP contribution in [-0.2, 0) is 6.54 Å². The van der Waals surface area contributed by atoms with Crippen LogP contribution in [0.1, 0.15) is 29.7 Å². The maximum Gasteiger partial charge on any atom is 0.123 e. The predicted octanol–water partition coefficient (Wildman–Crippen LogP) is 3.99. The molecule has 0 aliphatic rings. The standard InChI is InChI=1S/C17H20FNO/c1-12-7-8-17(20-3)15(9-12)11-19-13(2)14-5-4-6-16(18)10-14/h4-10,13,19H,11H2,1-3H3/t13-/m1/s1. The van der Waals surface area contributed by atoms with E-state index in [1.54, 1.807) is 19.2 Å². The summed E-state index contributed by atoms with van der Waals surface area (Å²) >= 11 is 0. The number of nitrogens with one attached hydrogen (secondary N) is 1. The molecule has 2 rings (SSSR count). The number of rotatable bonds is 5. The van der Waals surface area contributed by atoms with Crippen molar-refractivity contribution in [2.24, 2.45) is 0 Å². The van der Waals surface area contributed by atoms with Crippen LogP contribution in [0.2, 0.25) is 0 Å². The lowest BCUT2D eigenvalue weighted by molar-refractivity contribution is 0.406. The Balaban J connectivity index is 2.06. The van der Waals surface area contributed by atoms with Crippen LogP contribution in [0, 0.1) is 12.7 Å². The van der Waals surface area contributed by atoms with E-state index in [2.05, 4.69) is 18.3 Å². The Morgan fingerprint density at radius 2 is 2.00 bits per heavy atom. The first-order valence-electron chi connectivity index (χ1n) is 6.72. The molecule has 106 valence electrons. The molecule has 0 fully saturated rings. The molecule has 0 heterocycles. The molecule has 2 nitrogen and oxygen atoms in total. The molecule has 0 saturated heterocycles. The van der Waals surface area contributed by atoms with E-state index in [1.165, 1.54) is 11.6 Å². The lowest BCUT2D eigenvalue weighted by Crippen LogP contribution is -2.18. The summed E-state index contributed by atoms with van der Waals surface area (Å²) in [5.41, 5.74) is 3.24. The van der Waals surface area contributed by atoms with Gasteiger partial charge in [-0.1, -0.05) is 29.8 Å². The molecule has 1 atom stereocenters. The molecule has 0 spiro atoms. The lowest BCUT2D eigenvalue weighted by atomic mass is 10.1. The molecule has 20 heavy (non-hydrogen) atoms. The van der Waals surface area contributed by atoms with Crippen molar-refractivity contribution in [2.75, 3.05) is 7.11 Å². The third-order valence-corrected chi connectivity index (χ3v) is 3.38. The van der Waals surface area contributed by atoms with Crippen LogP contribution < -0.4 is 10.1 Å². The fourth-order valence-corrected chi connectivity index (χ4v) is 2.20. The second-order valence-corrected chi connectivity index (χ2v) is 4.97. The van der Waals surface area contributed by atoms with Gasteiger partial charge in [0.2, 0.25) is 0 Å². The van der Waals surface area contributed by atoms with Crippen molar-refractivity contribution in [1.29, 1.82) is 0 Å². The van der Waals surface area contributed by atoms with E-state index in [9.17, 15) is 4.39 Å². The van der Waals surface area contributed by atoms with Gasteiger partial charge in [0.05, 0.1) is 7.11 Å². The van der Waals surface area contributed by atoms with Gasteiger partial charge in [0, 0.05) is 18.2 Å². The fraction of sp³-hybridized carbons (Fsp3) is 0.294. The van der Waals surface area contributed by atoms with Gasteiger partial charge in [-0.15, -0.1) is 0 Å².